The molecule has 3 heterocycles. The molecule has 1 aliphatic rings. The van der Waals surface area contributed by atoms with Gasteiger partial charge >= 0.3 is 6.03 Å². The number of nitrogens with zero attached hydrogens (tertiary/aromatic N) is 2. The van der Waals surface area contributed by atoms with Crippen LogP contribution in [-0.4, -0.2) is 33.8 Å². The summed E-state index contributed by atoms with van der Waals surface area (Å²) in [5.41, 5.74) is 0.943. The van der Waals surface area contributed by atoms with Gasteiger partial charge in [-0.1, -0.05) is 0 Å². The van der Waals surface area contributed by atoms with E-state index in [2.05, 4.69) is 15.6 Å². The highest BCUT2D eigenvalue weighted by Crippen LogP contribution is 2.15. The van der Waals surface area contributed by atoms with Crippen LogP contribution in [0.25, 0.3) is 0 Å². The molecule has 0 aromatic carbocycles. The van der Waals surface area contributed by atoms with Crippen LogP contribution < -0.4 is 10.6 Å². The van der Waals surface area contributed by atoms with Gasteiger partial charge in [-0.25, -0.2) is 4.79 Å². The summed E-state index contributed by atoms with van der Waals surface area (Å²) in [5.74, 6) is 0.00548. The van der Waals surface area contributed by atoms with Crippen molar-refractivity contribution in [2.24, 2.45) is 0 Å². The maximum Gasteiger partial charge on any atom is 0.325 e. The van der Waals surface area contributed by atoms with Gasteiger partial charge in [-0.2, -0.15) is 0 Å². The Morgan fingerprint density at radius 1 is 1.28 bits per heavy atom. The van der Waals surface area contributed by atoms with Crippen molar-refractivity contribution >= 4 is 17.8 Å². The minimum absolute atomic E-state index is 0.0857. The van der Waals surface area contributed by atoms with E-state index in [1.165, 1.54) is 6.26 Å². The molecule has 0 saturated carbocycles. The minimum atomic E-state index is -0.686. The molecule has 8 nitrogen and oxygen atoms in total. The largest absolute Gasteiger partial charge is 0.467 e. The van der Waals surface area contributed by atoms with E-state index in [1.54, 1.807) is 24.5 Å². The summed E-state index contributed by atoms with van der Waals surface area (Å²) < 4.78 is 5.16. The first-order valence-corrected chi connectivity index (χ1v) is 7.93. The third kappa shape index (κ3) is 4.23. The lowest BCUT2D eigenvalue weighted by atomic mass is 10.1. The van der Waals surface area contributed by atoms with Gasteiger partial charge in [0.2, 0.25) is 5.91 Å². The quantitative estimate of drug-likeness (QED) is 0.736. The van der Waals surface area contributed by atoms with E-state index in [0.717, 1.165) is 10.5 Å². The standard InChI is InChI=1S/C17H18N4O4/c22-15(19-10-12-5-7-18-8-6-12)4-3-14-16(23)21(17(24)20-14)11-13-2-1-9-25-13/h1-2,5-9,14H,3-4,10-11H2,(H,19,22)(H,20,24). The van der Waals surface area contributed by atoms with Gasteiger partial charge in [0.25, 0.3) is 5.91 Å². The number of rotatable bonds is 7. The van der Waals surface area contributed by atoms with Crippen molar-refractivity contribution in [3.05, 3.63) is 54.2 Å². The Morgan fingerprint density at radius 3 is 2.80 bits per heavy atom. The third-order valence-electron chi connectivity index (χ3n) is 3.90. The van der Waals surface area contributed by atoms with Crippen molar-refractivity contribution in [2.45, 2.75) is 32.0 Å². The summed E-state index contributed by atoms with van der Waals surface area (Å²) in [4.78, 5) is 41.1. The molecule has 4 amide bonds. The van der Waals surface area contributed by atoms with E-state index >= 15 is 0 Å². The molecule has 2 N–H and O–H groups in total. The Morgan fingerprint density at radius 2 is 2.08 bits per heavy atom. The van der Waals surface area contributed by atoms with Crippen molar-refractivity contribution in [2.75, 3.05) is 0 Å². The zero-order valence-corrected chi connectivity index (χ0v) is 13.5. The van der Waals surface area contributed by atoms with Gasteiger partial charge in [0.1, 0.15) is 11.8 Å². The third-order valence-corrected chi connectivity index (χ3v) is 3.90. The fourth-order valence-electron chi connectivity index (χ4n) is 2.55. The Hall–Kier alpha value is -3.16. The fourth-order valence-corrected chi connectivity index (χ4v) is 2.55. The number of pyridine rings is 1. The average molecular weight is 342 g/mol. The number of carbonyl (C=O) groups is 3. The molecule has 130 valence electrons. The summed E-state index contributed by atoms with van der Waals surface area (Å²) in [6.07, 6.45) is 5.19. The molecule has 25 heavy (non-hydrogen) atoms. The van der Waals surface area contributed by atoms with E-state index < -0.39 is 12.1 Å². The molecule has 2 aromatic rings. The van der Waals surface area contributed by atoms with Crippen LogP contribution in [-0.2, 0) is 22.7 Å². The number of hydrogen-bond acceptors (Lipinski definition) is 5. The molecule has 0 bridgehead atoms. The van der Waals surface area contributed by atoms with Crippen molar-refractivity contribution in [3.8, 4) is 0 Å². The molecule has 8 heteroatoms. The highest BCUT2D eigenvalue weighted by atomic mass is 16.3. The minimum Gasteiger partial charge on any atom is -0.467 e. The number of urea groups is 1. The zero-order chi connectivity index (χ0) is 17.6. The Balaban J connectivity index is 1.46. The lowest BCUT2D eigenvalue weighted by Gasteiger charge is -2.11. The van der Waals surface area contributed by atoms with Gasteiger partial charge in [0, 0.05) is 25.4 Å². The van der Waals surface area contributed by atoms with E-state index in [9.17, 15) is 14.4 Å². The van der Waals surface area contributed by atoms with Gasteiger partial charge in [-0.05, 0) is 36.2 Å². The van der Waals surface area contributed by atoms with E-state index in [4.69, 9.17) is 4.42 Å². The van der Waals surface area contributed by atoms with Crippen LogP contribution in [0.2, 0.25) is 0 Å². The fraction of sp³-hybridized carbons (Fsp3) is 0.294. The molecular formula is C17H18N4O4. The lowest BCUT2D eigenvalue weighted by molar-refractivity contribution is -0.128. The first-order chi connectivity index (χ1) is 12.1. The molecule has 0 aliphatic carbocycles. The van der Waals surface area contributed by atoms with Crippen LogP contribution >= 0.6 is 0 Å². The van der Waals surface area contributed by atoms with Crippen LogP contribution in [0.3, 0.4) is 0 Å². The molecule has 1 saturated heterocycles. The number of hydrogen-bond donors (Lipinski definition) is 2. The number of furan rings is 1. The highest BCUT2D eigenvalue weighted by molar-refractivity contribution is 6.04. The van der Waals surface area contributed by atoms with Crippen LogP contribution in [0.4, 0.5) is 4.79 Å². The smallest absolute Gasteiger partial charge is 0.325 e. The summed E-state index contributed by atoms with van der Waals surface area (Å²) in [6.45, 7) is 0.485. The Bertz CT molecular complexity index is 745. The second-order valence-corrected chi connectivity index (χ2v) is 5.68. The van der Waals surface area contributed by atoms with Crippen LogP contribution in [0, 0.1) is 0 Å². The molecule has 0 spiro atoms. The van der Waals surface area contributed by atoms with Crippen molar-refractivity contribution < 1.29 is 18.8 Å². The summed E-state index contributed by atoms with van der Waals surface area (Å²) in [6, 6.07) is 5.86. The van der Waals surface area contributed by atoms with Crippen LogP contribution in [0.5, 0.6) is 0 Å². The summed E-state index contributed by atoms with van der Waals surface area (Å²) >= 11 is 0. The molecule has 1 aliphatic heterocycles. The maximum absolute atomic E-state index is 12.3. The molecule has 1 unspecified atom stereocenters. The predicted octanol–water partition coefficient (Wildman–Crippen LogP) is 1.19. The van der Waals surface area contributed by atoms with Crippen molar-refractivity contribution in [1.29, 1.82) is 0 Å². The lowest BCUT2D eigenvalue weighted by Crippen LogP contribution is -2.32. The number of imide groups is 1. The monoisotopic (exact) mass is 342 g/mol. The molecule has 1 atom stereocenters. The summed E-state index contributed by atoms with van der Waals surface area (Å²) in [7, 11) is 0. The molecule has 3 rings (SSSR count). The van der Waals surface area contributed by atoms with E-state index in [1.807, 2.05) is 12.1 Å². The first-order valence-electron chi connectivity index (χ1n) is 7.93. The van der Waals surface area contributed by atoms with Gasteiger partial charge in [-0.15, -0.1) is 0 Å². The highest BCUT2D eigenvalue weighted by Gasteiger charge is 2.38. The van der Waals surface area contributed by atoms with E-state index in [0.29, 0.717) is 12.3 Å². The van der Waals surface area contributed by atoms with Gasteiger partial charge in [-0.3, -0.25) is 19.5 Å². The van der Waals surface area contributed by atoms with Crippen molar-refractivity contribution in [3.63, 3.8) is 0 Å². The number of nitrogens with one attached hydrogen (secondary N) is 2. The Labute approximate surface area is 144 Å². The van der Waals surface area contributed by atoms with Gasteiger partial charge < -0.3 is 15.1 Å². The summed E-state index contributed by atoms with van der Waals surface area (Å²) in [5, 5.41) is 5.38. The number of amides is 4. The average Bonchev–Trinajstić information content (AvgIpc) is 3.23. The topological polar surface area (TPSA) is 105 Å². The molecule has 0 radical (unpaired) electrons. The van der Waals surface area contributed by atoms with Crippen LogP contribution in [0.1, 0.15) is 24.2 Å². The van der Waals surface area contributed by atoms with Gasteiger partial charge in [0.05, 0.1) is 12.8 Å². The number of carbonyl (C=O) groups excluding carboxylic acids is 3. The molecular weight excluding hydrogens is 324 g/mol. The molecule has 1 fully saturated rings. The van der Waals surface area contributed by atoms with Crippen molar-refractivity contribution in [1.82, 2.24) is 20.5 Å². The van der Waals surface area contributed by atoms with Crippen LogP contribution in [0.15, 0.2) is 47.3 Å². The second kappa shape index (κ2) is 7.61. The predicted molar refractivity (Wildman–Crippen MR) is 86.9 cm³/mol. The Kier molecular flexibility index (Phi) is 5.08. The second-order valence-electron chi connectivity index (χ2n) is 5.68. The normalized spacial score (nSPS) is 16.8. The maximum atomic E-state index is 12.3. The van der Waals surface area contributed by atoms with E-state index in [-0.39, 0.29) is 31.2 Å². The SMILES string of the molecule is O=C(CCC1NC(=O)N(Cc2ccco2)C1=O)NCc1ccncc1. The zero-order valence-electron chi connectivity index (χ0n) is 13.5. The number of aromatic nitrogens is 1. The van der Waals surface area contributed by atoms with Gasteiger partial charge in [0.15, 0.2) is 0 Å². The molecule has 2 aromatic heterocycles. The first kappa shape index (κ1) is 16.7.